The summed E-state index contributed by atoms with van der Waals surface area (Å²) < 4.78 is 38.4. The number of alkyl halides is 3. The van der Waals surface area contributed by atoms with Crippen LogP contribution in [-0.4, -0.2) is 12.5 Å². The van der Waals surface area contributed by atoms with Crippen LogP contribution in [0.5, 0.6) is 0 Å². The van der Waals surface area contributed by atoms with Gasteiger partial charge < -0.3 is 5.32 Å². The van der Waals surface area contributed by atoms with E-state index in [1.54, 1.807) is 24.3 Å². The first kappa shape index (κ1) is 17.9. The zero-order chi connectivity index (χ0) is 17.6. The van der Waals surface area contributed by atoms with Crippen molar-refractivity contribution in [2.24, 2.45) is 0 Å². The maximum atomic E-state index is 12.8. The molecule has 0 aliphatic rings. The average Bonchev–Trinajstić information content (AvgIpc) is 2.53. The number of halogens is 4. The topological polar surface area (TPSA) is 29.1 Å². The van der Waals surface area contributed by atoms with Crippen LogP contribution in [0.1, 0.15) is 16.7 Å². The molecule has 2 rings (SSSR count). The molecule has 0 atom stereocenters. The van der Waals surface area contributed by atoms with E-state index in [9.17, 15) is 18.0 Å². The molecule has 0 unspecified atom stereocenters. The third-order valence-corrected chi connectivity index (χ3v) is 3.36. The van der Waals surface area contributed by atoms with Crippen LogP contribution in [0, 0.1) is 11.8 Å². The molecule has 1 amide bonds. The molecule has 0 aliphatic carbocycles. The highest BCUT2D eigenvalue weighted by Gasteiger charge is 2.32. The van der Waals surface area contributed by atoms with Gasteiger partial charge in [-0.15, -0.1) is 0 Å². The molecule has 2 aromatic rings. The van der Waals surface area contributed by atoms with Crippen molar-refractivity contribution in [3.63, 3.8) is 0 Å². The zero-order valence-corrected chi connectivity index (χ0v) is 13.2. The Hall–Kier alpha value is -2.45. The lowest BCUT2D eigenvalue weighted by molar-refractivity contribution is -0.137. The summed E-state index contributed by atoms with van der Waals surface area (Å²) in [4.78, 5) is 11.7. The number of hydrogen-bond acceptors (Lipinski definition) is 1. The first-order valence-electron chi connectivity index (χ1n) is 7.02. The largest absolute Gasteiger partial charge is 0.417 e. The maximum Gasteiger partial charge on any atom is 0.417 e. The lowest BCUT2D eigenvalue weighted by Gasteiger charge is -2.08. The summed E-state index contributed by atoms with van der Waals surface area (Å²) in [6, 6.07) is 11.9. The number of benzene rings is 2. The van der Waals surface area contributed by atoms with Crippen LogP contribution in [0.25, 0.3) is 0 Å². The van der Waals surface area contributed by atoms with Crippen molar-refractivity contribution in [1.82, 2.24) is 5.32 Å². The molecule has 0 saturated carbocycles. The predicted octanol–water partition coefficient (Wildman–Crippen LogP) is 4.07. The molecule has 0 aliphatic heterocycles. The molecule has 2 aromatic carbocycles. The summed E-state index contributed by atoms with van der Waals surface area (Å²) >= 11 is 5.75. The van der Waals surface area contributed by atoms with E-state index in [0.29, 0.717) is 5.02 Å². The molecular formula is C18H13ClF3NO. The Labute approximate surface area is 142 Å². The number of carbonyl (C=O) groups is 1. The molecule has 0 bridgehead atoms. The van der Waals surface area contributed by atoms with Gasteiger partial charge in [0.15, 0.2) is 0 Å². The van der Waals surface area contributed by atoms with Gasteiger partial charge in [-0.2, -0.15) is 13.2 Å². The van der Waals surface area contributed by atoms with Crippen LogP contribution in [0.4, 0.5) is 13.2 Å². The Morgan fingerprint density at radius 1 is 1.08 bits per heavy atom. The second-order valence-electron chi connectivity index (χ2n) is 4.93. The number of rotatable bonds is 3. The molecule has 0 saturated heterocycles. The van der Waals surface area contributed by atoms with Crippen molar-refractivity contribution in [2.45, 2.75) is 12.6 Å². The van der Waals surface area contributed by atoms with Gasteiger partial charge in [0.1, 0.15) is 0 Å². The maximum absolute atomic E-state index is 12.8. The third kappa shape index (κ3) is 5.32. The van der Waals surface area contributed by atoms with E-state index in [0.717, 1.165) is 11.6 Å². The lowest BCUT2D eigenvalue weighted by atomic mass is 10.1. The molecule has 0 aromatic heterocycles. The van der Waals surface area contributed by atoms with E-state index < -0.39 is 11.7 Å². The van der Waals surface area contributed by atoms with Crippen molar-refractivity contribution in [2.75, 3.05) is 6.54 Å². The standard InChI is InChI=1S/C18H13ClF3NO/c19-15-9-7-13(8-10-15)12-17(24)23-11-3-5-14-4-1-2-6-16(14)18(20,21)22/h1-2,4,6-10H,11-12H2,(H,23,24). The summed E-state index contributed by atoms with van der Waals surface area (Å²) in [6.07, 6.45) is -4.30. The minimum atomic E-state index is -4.46. The molecular weight excluding hydrogens is 339 g/mol. The van der Waals surface area contributed by atoms with Crippen LogP contribution in [0.3, 0.4) is 0 Å². The minimum Gasteiger partial charge on any atom is -0.345 e. The summed E-state index contributed by atoms with van der Waals surface area (Å²) in [7, 11) is 0. The van der Waals surface area contributed by atoms with E-state index in [1.807, 2.05) is 0 Å². The molecule has 6 heteroatoms. The number of carbonyl (C=O) groups excluding carboxylic acids is 1. The monoisotopic (exact) mass is 351 g/mol. The zero-order valence-electron chi connectivity index (χ0n) is 12.5. The molecule has 0 heterocycles. The third-order valence-electron chi connectivity index (χ3n) is 3.11. The Kier molecular flexibility index (Phi) is 5.88. The molecule has 24 heavy (non-hydrogen) atoms. The second kappa shape index (κ2) is 7.89. The fourth-order valence-corrected chi connectivity index (χ4v) is 2.10. The minimum absolute atomic E-state index is 0.0292. The van der Waals surface area contributed by atoms with Crippen LogP contribution in [-0.2, 0) is 17.4 Å². The second-order valence-corrected chi connectivity index (χ2v) is 5.36. The van der Waals surface area contributed by atoms with E-state index >= 15 is 0 Å². The van der Waals surface area contributed by atoms with E-state index in [-0.39, 0.29) is 24.4 Å². The SMILES string of the molecule is O=C(Cc1ccc(Cl)cc1)NCC#Cc1ccccc1C(F)(F)F. The van der Waals surface area contributed by atoms with Gasteiger partial charge in [-0.25, -0.2) is 0 Å². The van der Waals surface area contributed by atoms with E-state index in [4.69, 9.17) is 11.6 Å². The van der Waals surface area contributed by atoms with Crippen molar-refractivity contribution in [3.05, 3.63) is 70.2 Å². The quantitative estimate of drug-likeness (QED) is 0.830. The molecule has 0 fully saturated rings. The van der Waals surface area contributed by atoms with Crippen molar-refractivity contribution >= 4 is 17.5 Å². The Morgan fingerprint density at radius 2 is 1.75 bits per heavy atom. The average molecular weight is 352 g/mol. The van der Waals surface area contributed by atoms with Gasteiger partial charge in [0, 0.05) is 10.6 Å². The number of nitrogens with one attached hydrogen (secondary N) is 1. The molecule has 2 nitrogen and oxygen atoms in total. The van der Waals surface area contributed by atoms with Crippen LogP contribution < -0.4 is 5.32 Å². The highest BCUT2D eigenvalue weighted by Crippen LogP contribution is 2.31. The summed E-state index contributed by atoms with van der Waals surface area (Å²) in [5, 5.41) is 3.12. The Bertz CT molecular complexity index is 773. The first-order valence-corrected chi connectivity index (χ1v) is 7.40. The van der Waals surface area contributed by atoms with Gasteiger partial charge in [0.05, 0.1) is 18.5 Å². The van der Waals surface area contributed by atoms with Gasteiger partial charge in [-0.1, -0.05) is 47.7 Å². The first-order chi connectivity index (χ1) is 11.4. The van der Waals surface area contributed by atoms with Gasteiger partial charge in [0.2, 0.25) is 5.91 Å². The van der Waals surface area contributed by atoms with E-state index in [2.05, 4.69) is 17.2 Å². The Morgan fingerprint density at radius 3 is 2.42 bits per heavy atom. The molecule has 124 valence electrons. The number of amides is 1. The summed E-state index contributed by atoms with van der Waals surface area (Å²) in [6.45, 7) is -0.0292. The van der Waals surface area contributed by atoms with Gasteiger partial charge in [0.25, 0.3) is 0 Å². The van der Waals surface area contributed by atoms with Crippen LogP contribution >= 0.6 is 11.6 Å². The predicted molar refractivity (Wildman–Crippen MR) is 86.5 cm³/mol. The van der Waals surface area contributed by atoms with Crippen molar-refractivity contribution in [1.29, 1.82) is 0 Å². The summed E-state index contributed by atoms with van der Waals surface area (Å²) in [5.74, 6) is 4.71. The fourth-order valence-electron chi connectivity index (χ4n) is 1.97. The van der Waals surface area contributed by atoms with Crippen LogP contribution in [0.15, 0.2) is 48.5 Å². The molecule has 1 N–H and O–H groups in total. The van der Waals surface area contributed by atoms with Crippen molar-refractivity contribution in [3.8, 4) is 11.8 Å². The fraction of sp³-hybridized carbons (Fsp3) is 0.167. The van der Waals surface area contributed by atoms with Gasteiger partial charge in [-0.3, -0.25) is 4.79 Å². The lowest BCUT2D eigenvalue weighted by Crippen LogP contribution is -2.25. The van der Waals surface area contributed by atoms with Crippen molar-refractivity contribution < 1.29 is 18.0 Å². The smallest absolute Gasteiger partial charge is 0.345 e. The highest BCUT2D eigenvalue weighted by molar-refractivity contribution is 6.30. The van der Waals surface area contributed by atoms with Gasteiger partial charge in [-0.05, 0) is 29.8 Å². The Balaban J connectivity index is 1.92. The highest BCUT2D eigenvalue weighted by atomic mass is 35.5. The van der Waals surface area contributed by atoms with E-state index in [1.165, 1.54) is 18.2 Å². The van der Waals surface area contributed by atoms with Gasteiger partial charge >= 0.3 is 6.18 Å². The number of hydrogen-bond donors (Lipinski definition) is 1. The van der Waals surface area contributed by atoms with Crippen LogP contribution in [0.2, 0.25) is 5.02 Å². The molecule has 0 spiro atoms. The summed E-state index contributed by atoms with van der Waals surface area (Å²) in [5.41, 5.74) is -0.116. The normalized spacial score (nSPS) is 10.7. The molecule has 0 radical (unpaired) electrons.